The van der Waals surface area contributed by atoms with Gasteiger partial charge in [-0.1, -0.05) is 84.6 Å². The van der Waals surface area contributed by atoms with Crippen molar-refractivity contribution in [2.75, 3.05) is 61.7 Å². The van der Waals surface area contributed by atoms with Gasteiger partial charge in [-0.25, -0.2) is 9.69 Å². The van der Waals surface area contributed by atoms with Crippen LogP contribution in [0.2, 0.25) is 0 Å². The lowest BCUT2D eigenvalue weighted by molar-refractivity contribution is -0.384. The monoisotopic (exact) mass is 1060 g/mol. The molecule has 17 heteroatoms. The second-order valence-electron chi connectivity index (χ2n) is 19.4. The lowest BCUT2D eigenvalue weighted by Gasteiger charge is -2.46. The fourth-order valence-electron chi connectivity index (χ4n) is 11.4. The van der Waals surface area contributed by atoms with E-state index in [0.717, 1.165) is 10.6 Å². The van der Waals surface area contributed by atoms with E-state index in [1.54, 1.807) is 86.0 Å². The van der Waals surface area contributed by atoms with Crippen molar-refractivity contribution in [3.05, 3.63) is 225 Å². The van der Waals surface area contributed by atoms with Gasteiger partial charge in [-0.05, 0) is 119 Å². The standard InChI is InChI=1S/C62H53N5O12/c1-75-49-28-19-40(20-29-49)15-16-41-21-30-52-51(37-41)62(60(71)65(52)61(72)78-39-42-17-24-48(25-18-42)67(73)74)53(58(69)63-46-22-26-47(27-23-46)64-31-34-76-35-32-64)55-59(70)79-56(44-11-6-3-7-12-44)54(43-9-4-2-5-10-43)66(55)57(62)45-13-8-14-50(38-45)77-36-33-68/h2-14,17-30,37-38,53-57,68H,31-36,39H2,1H3,(H,63,69)/t53-,54-,55-,56+,57+,62-/m0/s1. The maximum atomic E-state index is 16.8. The summed E-state index contributed by atoms with van der Waals surface area (Å²) in [5, 5.41) is 24.6. The predicted octanol–water partition coefficient (Wildman–Crippen LogP) is 8.85. The Bertz CT molecular complexity index is 3470. The van der Waals surface area contributed by atoms with E-state index in [4.69, 9.17) is 23.7 Å². The van der Waals surface area contributed by atoms with Crippen molar-refractivity contribution in [2.45, 2.75) is 36.3 Å². The third-order valence-electron chi connectivity index (χ3n) is 14.9. The number of rotatable bonds is 13. The Kier molecular flexibility index (Phi) is 14.6. The number of fused-ring (bicyclic) bond motifs is 3. The molecule has 0 bridgehead atoms. The Balaban J connectivity index is 1.15. The predicted molar refractivity (Wildman–Crippen MR) is 291 cm³/mol. The van der Waals surface area contributed by atoms with Crippen molar-refractivity contribution in [2.24, 2.45) is 5.92 Å². The summed E-state index contributed by atoms with van der Waals surface area (Å²) < 4.78 is 29.6. The second kappa shape index (κ2) is 22.3. The number of anilines is 3. The van der Waals surface area contributed by atoms with Gasteiger partial charge < -0.3 is 39.0 Å². The molecule has 7 aromatic rings. The first kappa shape index (κ1) is 51.8. The van der Waals surface area contributed by atoms with Crippen LogP contribution in [0, 0.1) is 27.9 Å². The number of ether oxygens (including phenoxy) is 5. The average Bonchev–Trinajstić information content (AvgIpc) is 2.45. The summed E-state index contributed by atoms with van der Waals surface area (Å²) >= 11 is 0. The van der Waals surface area contributed by atoms with Crippen molar-refractivity contribution in [1.82, 2.24) is 4.90 Å². The van der Waals surface area contributed by atoms with Crippen LogP contribution in [0.4, 0.5) is 27.5 Å². The van der Waals surface area contributed by atoms with E-state index in [1.165, 1.54) is 24.3 Å². The Morgan fingerprint density at radius 1 is 0.759 bits per heavy atom. The number of nitro groups is 1. The fourth-order valence-corrected chi connectivity index (χ4v) is 11.4. The van der Waals surface area contributed by atoms with Gasteiger partial charge in [0, 0.05) is 47.7 Å². The Labute approximate surface area is 455 Å². The van der Waals surface area contributed by atoms with Crippen LogP contribution in [0.5, 0.6) is 11.5 Å². The van der Waals surface area contributed by atoms with E-state index >= 15 is 19.2 Å². The van der Waals surface area contributed by atoms with Gasteiger partial charge in [-0.15, -0.1) is 0 Å². The number of carbonyl (C=O) groups is 4. The molecule has 79 heavy (non-hydrogen) atoms. The van der Waals surface area contributed by atoms with E-state index in [0.29, 0.717) is 76.9 Å². The number of carbonyl (C=O) groups excluding carboxylic acids is 4. The lowest BCUT2D eigenvalue weighted by atomic mass is 9.65. The number of methoxy groups -OCH3 is 1. The van der Waals surface area contributed by atoms with Crippen LogP contribution >= 0.6 is 0 Å². The molecular formula is C62H53N5O12. The molecule has 0 radical (unpaired) electrons. The van der Waals surface area contributed by atoms with Crippen LogP contribution in [0.3, 0.4) is 0 Å². The molecule has 4 aliphatic heterocycles. The fraction of sp³-hybridized carbons (Fsp3) is 0.226. The zero-order chi connectivity index (χ0) is 54.6. The van der Waals surface area contributed by atoms with Gasteiger partial charge in [-0.2, -0.15) is 0 Å². The minimum atomic E-state index is -2.19. The van der Waals surface area contributed by atoms with Crippen LogP contribution in [-0.4, -0.2) is 91.5 Å². The summed E-state index contributed by atoms with van der Waals surface area (Å²) in [5.74, 6) is 3.36. The van der Waals surface area contributed by atoms with E-state index in [-0.39, 0.29) is 36.8 Å². The van der Waals surface area contributed by atoms with Gasteiger partial charge in [0.2, 0.25) is 11.8 Å². The van der Waals surface area contributed by atoms with Gasteiger partial charge in [0.05, 0.1) is 55.5 Å². The molecular weight excluding hydrogens is 1010 g/mol. The largest absolute Gasteiger partial charge is 0.497 e. The van der Waals surface area contributed by atoms with Gasteiger partial charge in [0.25, 0.3) is 5.69 Å². The number of aliphatic hydroxyl groups excluding tert-OH is 1. The number of amides is 3. The molecule has 0 unspecified atom stereocenters. The van der Waals surface area contributed by atoms with Crippen molar-refractivity contribution >= 4 is 46.6 Å². The van der Waals surface area contributed by atoms with E-state index in [1.807, 2.05) is 77.7 Å². The molecule has 0 saturated carbocycles. The summed E-state index contributed by atoms with van der Waals surface area (Å²) in [5.41, 5.74) is 2.45. The molecule has 17 nitrogen and oxygen atoms in total. The number of hydrogen-bond acceptors (Lipinski definition) is 14. The van der Waals surface area contributed by atoms with Crippen molar-refractivity contribution in [3.63, 3.8) is 0 Å². The van der Waals surface area contributed by atoms with Crippen LogP contribution in [0.25, 0.3) is 0 Å². The first-order valence-electron chi connectivity index (χ1n) is 25.8. The maximum absolute atomic E-state index is 16.8. The van der Waals surface area contributed by atoms with E-state index in [2.05, 4.69) is 22.1 Å². The maximum Gasteiger partial charge on any atom is 0.421 e. The van der Waals surface area contributed by atoms with Gasteiger partial charge >= 0.3 is 12.1 Å². The van der Waals surface area contributed by atoms with E-state index < -0.39 is 64.4 Å². The first-order valence-corrected chi connectivity index (χ1v) is 25.8. The molecule has 0 aliphatic carbocycles. The minimum absolute atomic E-state index is 0.0671. The molecule has 0 aromatic heterocycles. The minimum Gasteiger partial charge on any atom is -0.497 e. The van der Waals surface area contributed by atoms with Crippen molar-refractivity contribution < 1.29 is 52.9 Å². The first-order chi connectivity index (χ1) is 38.6. The average molecular weight is 1060 g/mol. The number of benzene rings is 7. The molecule has 11 rings (SSSR count). The zero-order valence-corrected chi connectivity index (χ0v) is 42.8. The molecule has 7 aromatic carbocycles. The summed E-state index contributed by atoms with van der Waals surface area (Å²) in [6, 6.07) is 46.8. The Morgan fingerprint density at radius 2 is 1.43 bits per heavy atom. The summed E-state index contributed by atoms with van der Waals surface area (Å²) in [6.07, 6.45) is -2.10. The smallest absolute Gasteiger partial charge is 0.421 e. The number of nitro benzene ring substituents is 1. The molecule has 3 saturated heterocycles. The third kappa shape index (κ3) is 9.89. The number of imide groups is 1. The number of hydrogen-bond donors (Lipinski definition) is 2. The molecule has 4 heterocycles. The Hall–Kier alpha value is -9.34. The molecule has 3 fully saturated rings. The van der Waals surface area contributed by atoms with Crippen LogP contribution in [0.15, 0.2) is 176 Å². The van der Waals surface area contributed by atoms with Gasteiger partial charge in [0.15, 0.2) is 0 Å². The highest BCUT2D eigenvalue weighted by Crippen LogP contribution is 2.66. The van der Waals surface area contributed by atoms with Gasteiger partial charge in [-0.3, -0.25) is 29.4 Å². The summed E-state index contributed by atoms with van der Waals surface area (Å²) in [4.78, 5) is 79.8. The number of nitrogens with one attached hydrogen (secondary N) is 1. The number of esters is 1. The zero-order valence-electron chi connectivity index (χ0n) is 42.8. The quantitative estimate of drug-likeness (QED) is 0.0480. The van der Waals surface area contributed by atoms with Crippen LogP contribution in [0.1, 0.15) is 57.1 Å². The summed E-state index contributed by atoms with van der Waals surface area (Å²) in [6.45, 7) is 1.73. The van der Waals surface area contributed by atoms with Gasteiger partial charge in [0.1, 0.15) is 42.3 Å². The molecule has 6 atom stereocenters. The van der Waals surface area contributed by atoms with Crippen LogP contribution < -0.4 is 24.6 Å². The number of nitrogens with zero attached hydrogens (tertiary/aromatic N) is 4. The number of cyclic esters (lactones) is 1. The van der Waals surface area contributed by atoms with Crippen molar-refractivity contribution in [1.29, 1.82) is 0 Å². The van der Waals surface area contributed by atoms with E-state index in [9.17, 15) is 15.2 Å². The highest BCUT2D eigenvalue weighted by Gasteiger charge is 2.76. The van der Waals surface area contributed by atoms with Crippen LogP contribution in [-0.2, 0) is 40.6 Å². The Morgan fingerprint density at radius 3 is 2.11 bits per heavy atom. The number of aliphatic hydroxyl groups is 1. The highest BCUT2D eigenvalue weighted by atomic mass is 16.6. The topological polar surface area (TPSA) is 200 Å². The SMILES string of the molecule is COc1ccc(C#Cc2ccc3c(c2)[C@]2(C(=O)N3C(=O)OCc3ccc([N+](=O)[O-])cc3)[C@H](C(=O)Nc3ccc(N4CCOCC4)cc3)[C@H]3C(=O)O[C@H](c4ccccc4)[C@H](c4ccccc4)N3[C@@H]2c2cccc(OCCO)c2)cc1. The summed E-state index contributed by atoms with van der Waals surface area (Å²) in [7, 11) is 1.57. The lowest BCUT2D eigenvalue weighted by Crippen LogP contribution is -2.54. The molecule has 2 N–H and O–H groups in total. The number of morpholine rings is 2. The van der Waals surface area contributed by atoms with Crippen molar-refractivity contribution in [3.8, 4) is 23.3 Å². The molecule has 4 aliphatic rings. The second-order valence-corrected chi connectivity index (χ2v) is 19.4. The molecule has 1 spiro atoms. The molecule has 398 valence electrons. The highest BCUT2D eigenvalue weighted by molar-refractivity contribution is 6.24. The third-order valence-corrected chi connectivity index (χ3v) is 14.9. The molecule has 3 amide bonds. The normalized spacial score (nSPS) is 21.3. The number of non-ortho nitro benzene ring substituents is 1.